The molecule has 0 spiro atoms. The van der Waals surface area contributed by atoms with Crippen LogP contribution >= 0.6 is 11.3 Å². The van der Waals surface area contributed by atoms with Crippen LogP contribution in [-0.4, -0.2) is 43.4 Å². The molecule has 36 heavy (non-hydrogen) atoms. The van der Waals surface area contributed by atoms with Crippen molar-refractivity contribution >= 4 is 27.9 Å². The number of fused-ring (bicyclic) bond motifs is 1. The number of anilines is 1. The van der Waals surface area contributed by atoms with E-state index < -0.39 is 18.0 Å². The second kappa shape index (κ2) is 10.3. The summed E-state index contributed by atoms with van der Waals surface area (Å²) >= 11 is 1.50. The normalized spacial score (nSPS) is 12.7. The summed E-state index contributed by atoms with van der Waals surface area (Å²) in [7, 11) is 6.78. The van der Waals surface area contributed by atoms with Crippen LogP contribution in [0.3, 0.4) is 0 Å². The number of aromatic nitrogens is 2. The van der Waals surface area contributed by atoms with Gasteiger partial charge in [0.05, 0.1) is 14.2 Å². The highest BCUT2D eigenvalue weighted by Gasteiger charge is 2.36. The van der Waals surface area contributed by atoms with Gasteiger partial charge in [-0.05, 0) is 49.5 Å². The number of nitrogens with two attached hydrogens (primary N) is 1. The van der Waals surface area contributed by atoms with E-state index in [1.807, 2.05) is 38.4 Å². The minimum absolute atomic E-state index is 0.106. The van der Waals surface area contributed by atoms with Crippen molar-refractivity contribution in [2.24, 2.45) is 5.73 Å². The van der Waals surface area contributed by atoms with Gasteiger partial charge < -0.3 is 25.4 Å². The van der Waals surface area contributed by atoms with E-state index in [1.165, 1.54) is 43.3 Å². The predicted molar refractivity (Wildman–Crippen MR) is 135 cm³/mol. The van der Waals surface area contributed by atoms with Crippen LogP contribution in [0.15, 0.2) is 48.5 Å². The second-order valence-corrected chi connectivity index (χ2v) is 9.48. The molecule has 0 aliphatic rings. The highest BCUT2D eigenvalue weighted by molar-refractivity contribution is 7.15. The molecule has 11 heteroatoms. The Balaban J connectivity index is 1.70. The van der Waals surface area contributed by atoms with Crippen molar-refractivity contribution in [2.45, 2.75) is 18.9 Å². The quantitative estimate of drug-likeness (QED) is 0.298. The number of halogens is 3. The first kappa shape index (κ1) is 25.7. The van der Waals surface area contributed by atoms with Crippen molar-refractivity contribution in [3.63, 3.8) is 0 Å². The molecule has 0 amide bonds. The van der Waals surface area contributed by atoms with Crippen molar-refractivity contribution < 1.29 is 22.6 Å². The maximum atomic E-state index is 13.6. The number of thiophene rings is 1. The lowest BCUT2D eigenvalue weighted by atomic mass is 10.1. The van der Waals surface area contributed by atoms with E-state index in [4.69, 9.17) is 15.2 Å². The Morgan fingerprint density at radius 3 is 2.31 bits per heavy atom. The first-order valence-corrected chi connectivity index (χ1v) is 11.8. The number of ether oxygens (including phenoxy) is 2. The molecule has 0 bridgehead atoms. The number of rotatable bonds is 8. The van der Waals surface area contributed by atoms with E-state index in [-0.39, 0.29) is 28.1 Å². The minimum Gasteiger partial charge on any atom is -0.493 e. The first-order chi connectivity index (χ1) is 17.1. The Bertz CT molecular complexity index is 1370. The largest absolute Gasteiger partial charge is 0.493 e. The number of hydrogen-bond donors (Lipinski definition) is 2. The second-order valence-electron chi connectivity index (χ2n) is 8.37. The lowest BCUT2D eigenvalue weighted by molar-refractivity contribution is -0.140. The van der Waals surface area contributed by atoms with Crippen molar-refractivity contribution in [1.82, 2.24) is 15.1 Å². The lowest BCUT2D eigenvalue weighted by Crippen LogP contribution is -2.21. The molecule has 0 aliphatic carbocycles. The molecule has 1 atom stereocenters. The molecule has 4 aromatic rings. The van der Waals surface area contributed by atoms with Crippen molar-refractivity contribution in [1.29, 1.82) is 0 Å². The van der Waals surface area contributed by atoms with E-state index in [0.717, 1.165) is 21.9 Å². The number of hydrogen-bond acceptors (Lipinski definition) is 8. The van der Waals surface area contributed by atoms with Gasteiger partial charge in [-0.25, -0.2) is 0 Å². The Hall–Kier alpha value is -3.41. The topological polar surface area (TPSA) is 85.5 Å². The smallest absolute Gasteiger partial charge is 0.435 e. The Morgan fingerprint density at radius 2 is 1.67 bits per heavy atom. The summed E-state index contributed by atoms with van der Waals surface area (Å²) in [6.07, 6.45) is -5.43. The van der Waals surface area contributed by atoms with E-state index >= 15 is 0 Å². The van der Waals surface area contributed by atoms with E-state index in [2.05, 4.69) is 32.5 Å². The molecular formula is C25H26F3N5O2S. The fourth-order valence-electron chi connectivity index (χ4n) is 3.92. The molecule has 3 N–H and O–H groups in total. The summed E-state index contributed by atoms with van der Waals surface area (Å²) in [4.78, 5) is 3.92. The van der Waals surface area contributed by atoms with Crippen LogP contribution in [0.4, 0.5) is 19.0 Å². The van der Waals surface area contributed by atoms with Crippen molar-refractivity contribution in [2.75, 3.05) is 33.6 Å². The monoisotopic (exact) mass is 517 g/mol. The first-order valence-electron chi connectivity index (χ1n) is 11.0. The predicted octanol–water partition coefficient (Wildman–Crippen LogP) is 5.53. The zero-order valence-corrected chi connectivity index (χ0v) is 21.0. The van der Waals surface area contributed by atoms with Gasteiger partial charge in [0.25, 0.3) is 0 Å². The van der Waals surface area contributed by atoms with Gasteiger partial charge >= 0.3 is 6.18 Å². The zero-order chi connectivity index (χ0) is 26.0. The molecule has 2 aromatic heterocycles. The van der Waals surface area contributed by atoms with Crippen LogP contribution in [0, 0.1) is 0 Å². The molecule has 0 fully saturated rings. The van der Waals surface area contributed by atoms with Crippen molar-refractivity contribution in [3.05, 3.63) is 64.7 Å². The van der Waals surface area contributed by atoms with Crippen LogP contribution in [0.5, 0.6) is 11.5 Å². The molecule has 0 saturated heterocycles. The number of methoxy groups -OCH3 is 2. The summed E-state index contributed by atoms with van der Waals surface area (Å²) in [5.74, 6) is 0.520. The molecule has 0 aliphatic heterocycles. The van der Waals surface area contributed by atoms with Gasteiger partial charge in [0.1, 0.15) is 6.17 Å². The number of nitrogens with one attached hydrogen (secondary N) is 1. The summed E-state index contributed by atoms with van der Waals surface area (Å²) in [6.45, 7) is 0.784. The number of alkyl halides is 3. The molecule has 4 rings (SSSR count). The summed E-state index contributed by atoms with van der Waals surface area (Å²) in [5.41, 5.74) is 7.59. The summed E-state index contributed by atoms with van der Waals surface area (Å²) in [5, 5.41) is 10.3. The third kappa shape index (κ3) is 5.23. The Morgan fingerprint density at radius 1 is 1.00 bits per heavy atom. The van der Waals surface area contributed by atoms with Crippen LogP contribution < -0.4 is 20.5 Å². The molecule has 190 valence electrons. The fraction of sp³-hybridized carbons (Fsp3) is 0.280. The molecule has 7 nitrogen and oxygen atoms in total. The van der Waals surface area contributed by atoms with Gasteiger partial charge in [-0.3, -0.25) is 0 Å². The SMILES string of the molecule is COc1cc2c(N[C@H](N)c3ccc(-c4ccccc4CN(C)C)s3)nnc(C(F)(F)F)c2cc1OC. The molecule has 0 radical (unpaired) electrons. The van der Waals surface area contributed by atoms with Crippen molar-refractivity contribution in [3.8, 4) is 21.9 Å². The third-order valence-electron chi connectivity index (χ3n) is 5.55. The molecule has 2 aromatic carbocycles. The Labute approximate surface area is 210 Å². The van der Waals surface area contributed by atoms with Gasteiger partial charge in [-0.2, -0.15) is 13.2 Å². The fourth-order valence-corrected chi connectivity index (χ4v) is 4.94. The Kier molecular flexibility index (Phi) is 7.34. The average molecular weight is 518 g/mol. The van der Waals surface area contributed by atoms with Crippen LogP contribution in [0.25, 0.3) is 21.2 Å². The van der Waals surface area contributed by atoms with Gasteiger partial charge in [0.2, 0.25) is 0 Å². The van der Waals surface area contributed by atoms with E-state index in [9.17, 15) is 13.2 Å². The zero-order valence-electron chi connectivity index (χ0n) is 20.2. The lowest BCUT2D eigenvalue weighted by Gasteiger charge is -2.18. The maximum absolute atomic E-state index is 13.6. The van der Waals surface area contributed by atoms with Crippen LogP contribution in [0.1, 0.15) is 22.3 Å². The average Bonchev–Trinajstić information content (AvgIpc) is 3.33. The highest BCUT2D eigenvalue weighted by atomic mass is 32.1. The minimum atomic E-state index is -4.70. The summed E-state index contributed by atoms with van der Waals surface area (Å²) in [6, 6.07) is 14.7. The molecular weight excluding hydrogens is 491 g/mol. The van der Waals surface area contributed by atoms with Gasteiger partial charge in [0, 0.05) is 27.1 Å². The van der Waals surface area contributed by atoms with Gasteiger partial charge in [-0.1, -0.05) is 24.3 Å². The third-order valence-corrected chi connectivity index (χ3v) is 6.75. The number of benzene rings is 2. The van der Waals surface area contributed by atoms with Crippen LogP contribution in [0.2, 0.25) is 0 Å². The molecule has 0 saturated carbocycles. The van der Waals surface area contributed by atoms with Gasteiger partial charge in [0.15, 0.2) is 23.0 Å². The number of nitrogens with zero attached hydrogens (tertiary/aromatic N) is 3. The van der Waals surface area contributed by atoms with Crippen LogP contribution in [-0.2, 0) is 12.7 Å². The van der Waals surface area contributed by atoms with Gasteiger partial charge in [-0.15, -0.1) is 21.5 Å². The molecule has 2 heterocycles. The van der Waals surface area contributed by atoms with E-state index in [0.29, 0.717) is 0 Å². The molecule has 0 unspecified atom stereocenters. The van der Waals surface area contributed by atoms with E-state index in [1.54, 1.807) is 0 Å². The maximum Gasteiger partial charge on any atom is 0.435 e. The standard InChI is InChI=1S/C25H26F3N5O2S/c1-33(2)13-14-7-5-6-8-15(14)20-9-10-21(36-20)23(29)30-24-17-12-19(35-4)18(34-3)11-16(17)22(31-32-24)25(26,27)28/h5-12,23H,13,29H2,1-4H3,(H,30,32)/t23-/m0/s1. The summed E-state index contributed by atoms with van der Waals surface area (Å²) < 4.78 is 51.4. The highest BCUT2D eigenvalue weighted by Crippen LogP contribution is 2.41.